The van der Waals surface area contributed by atoms with E-state index in [9.17, 15) is 14.7 Å². The Labute approximate surface area is 161 Å². The fourth-order valence-electron chi connectivity index (χ4n) is 3.87. The van der Waals surface area contributed by atoms with Crippen LogP contribution in [0.3, 0.4) is 0 Å². The van der Waals surface area contributed by atoms with E-state index in [4.69, 9.17) is 8.94 Å². The van der Waals surface area contributed by atoms with Crippen LogP contribution in [0, 0.1) is 20.8 Å². The molecule has 1 aliphatic rings. The summed E-state index contributed by atoms with van der Waals surface area (Å²) in [6, 6.07) is 2.70. The number of aliphatic carboxylic acids is 1. The molecule has 1 fully saturated rings. The summed E-state index contributed by atoms with van der Waals surface area (Å²) in [5, 5.41) is 14.0. The molecular formula is C20H21N3O5. The van der Waals surface area contributed by atoms with Crippen LogP contribution < -0.4 is 0 Å². The molecule has 4 rings (SSSR count). The van der Waals surface area contributed by atoms with E-state index in [0.717, 1.165) is 24.2 Å². The van der Waals surface area contributed by atoms with Crippen molar-refractivity contribution in [3.8, 4) is 11.3 Å². The van der Waals surface area contributed by atoms with Gasteiger partial charge in [-0.05, 0) is 52.2 Å². The summed E-state index contributed by atoms with van der Waals surface area (Å²) < 4.78 is 10.9. The van der Waals surface area contributed by atoms with Crippen molar-refractivity contribution in [1.29, 1.82) is 0 Å². The van der Waals surface area contributed by atoms with Crippen LogP contribution in [0.1, 0.15) is 46.8 Å². The molecule has 1 saturated heterocycles. The first-order valence-corrected chi connectivity index (χ1v) is 9.25. The number of carbonyl (C=O) groups is 2. The number of likely N-dealkylation sites (tertiary alicyclic amines) is 1. The molecule has 8 heteroatoms. The zero-order valence-corrected chi connectivity index (χ0v) is 16.0. The first kappa shape index (κ1) is 18.2. The van der Waals surface area contributed by atoms with Crippen molar-refractivity contribution in [1.82, 2.24) is 15.0 Å². The molecule has 0 aliphatic carbocycles. The van der Waals surface area contributed by atoms with E-state index in [1.807, 2.05) is 19.9 Å². The van der Waals surface area contributed by atoms with Gasteiger partial charge in [0.25, 0.3) is 11.6 Å². The van der Waals surface area contributed by atoms with Crippen molar-refractivity contribution in [2.75, 3.05) is 6.54 Å². The predicted molar refractivity (Wildman–Crippen MR) is 100 cm³/mol. The number of carboxylic acid groups (broad SMARTS) is 1. The number of aryl methyl sites for hydroxylation is 3. The second-order valence-electron chi connectivity index (χ2n) is 7.18. The van der Waals surface area contributed by atoms with Gasteiger partial charge >= 0.3 is 5.97 Å². The molecule has 1 N–H and O–H groups in total. The number of rotatable bonds is 3. The van der Waals surface area contributed by atoms with Gasteiger partial charge in [-0.2, -0.15) is 0 Å². The van der Waals surface area contributed by atoms with Gasteiger partial charge in [0.1, 0.15) is 17.6 Å². The van der Waals surface area contributed by atoms with Crippen LogP contribution in [0.2, 0.25) is 0 Å². The average Bonchev–Trinajstić information content (AvgIpc) is 3.22. The highest BCUT2D eigenvalue weighted by atomic mass is 16.5. The van der Waals surface area contributed by atoms with Crippen LogP contribution in [0.25, 0.3) is 22.4 Å². The number of piperidine rings is 1. The fraction of sp³-hybridized carbons (Fsp3) is 0.400. The standard InChI is InChI=1S/C20H21N3O5/c1-10-8-13(12(3)27-10)15-9-14(17-11(2)22-28-18(17)21-15)19(24)23-7-5-4-6-16(23)20(25)26/h8-9,16H,4-7H2,1-3H3,(H,25,26). The van der Waals surface area contributed by atoms with Gasteiger partial charge in [-0.25, -0.2) is 9.78 Å². The molecule has 146 valence electrons. The molecule has 0 saturated carbocycles. The minimum Gasteiger partial charge on any atom is -0.480 e. The summed E-state index contributed by atoms with van der Waals surface area (Å²) in [7, 11) is 0. The van der Waals surface area contributed by atoms with Crippen LogP contribution >= 0.6 is 0 Å². The zero-order valence-electron chi connectivity index (χ0n) is 16.0. The van der Waals surface area contributed by atoms with Crippen molar-refractivity contribution in [2.24, 2.45) is 0 Å². The number of amides is 1. The molecule has 0 spiro atoms. The molecule has 1 amide bonds. The lowest BCUT2D eigenvalue weighted by molar-refractivity contribution is -0.143. The summed E-state index contributed by atoms with van der Waals surface area (Å²) in [6.45, 7) is 5.81. The third-order valence-corrected chi connectivity index (χ3v) is 5.21. The molecular weight excluding hydrogens is 362 g/mol. The van der Waals surface area contributed by atoms with E-state index in [0.29, 0.717) is 41.1 Å². The first-order chi connectivity index (χ1) is 13.4. The van der Waals surface area contributed by atoms with Gasteiger partial charge in [0, 0.05) is 12.1 Å². The van der Waals surface area contributed by atoms with E-state index in [2.05, 4.69) is 10.1 Å². The average molecular weight is 383 g/mol. The molecule has 1 aliphatic heterocycles. The summed E-state index contributed by atoms with van der Waals surface area (Å²) in [4.78, 5) is 31.0. The molecule has 1 unspecified atom stereocenters. The molecule has 1 atom stereocenters. The van der Waals surface area contributed by atoms with E-state index >= 15 is 0 Å². The lowest BCUT2D eigenvalue weighted by atomic mass is 9.99. The third kappa shape index (κ3) is 2.94. The van der Waals surface area contributed by atoms with Gasteiger partial charge in [-0.15, -0.1) is 0 Å². The number of carbonyl (C=O) groups excluding carboxylic acids is 1. The SMILES string of the molecule is Cc1cc(-c2cc(C(=O)N3CCCCC3C(=O)O)c3c(C)noc3n2)c(C)o1. The highest BCUT2D eigenvalue weighted by molar-refractivity contribution is 6.08. The van der Waals surface area contributed by atoms with Gasteiger partial charge in [0.2, 0.25) is 0 Å². The minimum absolute atomic E-state index is 0.250. The summed E-state index contributed by atoms with van der Waals surface area (Å²) in [5.74, 6) is 0.0882. The Balaban J connectivity index is 1.87. The molecule has 28 heavy (non-hydrogen) atoms. The van der Waals surface area contributed by atoms with Crippen LogP contribution in [-0.2, 0) is 4.79 Å². The number of pyridine rings is 1. The maximum Gasteiger partial charge on any atom is 0.326 e. The van der Waals surface area contributed by atoms with E-state index in [1.54, 1.807) is 13.0 Å². The lowest BCUT2D eigenvalue weighted by Gasteiger charge is -2.33. The Kier molecular flexibility index (Phi) is 4.41. The van der Waals surface area contributed by atoms with Crippen molar-refractivity contribution in [3.63, 3.8) is 0 Å². The largest absolute Gasteiger partial charge is 0.480 e. The highest BCUT2D eigenvalue weighted by Crippen LogP contribution is 2.32. The van der Waals surface area contributed by atoms with Crippen LogP contribution in [0.15, 0.2) is 21.1 Å². The summed E-state index contributed by atoms with van der Waals surface area (Å²) >= 11 is 0. The number of aromatic nitrogens is 2. The van der Waals surface area contributed by atoms with Gasteiger partial charge in [-0.3, -0.25) is 4.79 Å². The van der Waals surface area contributed by atoms with Gasteiger partial charge in [-0.1, -0.05) is 5.16 Å². The molecule has 3 aromatic rings. The number of hydrogen-bond acceptors (Lipinski definition) is 6. The smallest absolute Gasteiger partial charge is 0.326 e. The Morgan fingerprint density at radius 2 is 2.00 bits per heavy atom. The Bertz CT molecular complexity index is 1080. The number of furan rings is 1. The fourth-order valence-corrected chi connectivity index (χ4v) is 3.87. The molecule has 0 aromatic carbocycles. The van der Waals surface area contributed by atoms with Gasteiger partial charge in [0.15, 0.2) is 0 Å². The molecule has 4 heterocycles. The Hall–Kier alpha value is -3.16. The second kappa shape index (κ2) is 6.78. The van der Waals surface area contributed by atoms with Crippen LogP contribution in [0.4, 0.5) is 0 Å². The normalized spacial score (nSPS) is 17.2. The van der Waals surface area contributed by atoms with Gasteiger partial charge in [0.05, 0.1) is 22.3 Å². The van der Waals surface area contributed by atoms with Crippen molar-refractivity contribution >= 4 is 23.0 Å². The Morgan fingerprint density at radius 3 is 2.68 bits per heavy atom. The maximum atomic E-state index is 13.4. The van der Waals surface area contributed by atoms with Gasteiger partial charge < -0.3 is 18.9 Å². The van der Waals surface area contributed by atoms with Crippen LogP contribution in [0.5, 0.6) is 0 Å². The Morgan fingerprint density at radius 1 is 1.21 bits per heavy atom. The highest BCUT2D eigenvalue weighted by Gasteiger charge is 2.34. The molecule has 0 bridgehead atoms. The van der Waals surface area contributed by atoms with Crippen molar-refractivity contribution in [2.45, 2.75) is 46.1 Å². The monoisotopic (exact) mass is 383 g/mol. The van der Waals surface area contributed by atoms with E-state index in [1.165, 1.54) is 4.90 Å². The molecule has 0 radical (unpaired) electrons. The van der Waals surface area contributed by atoms with E-state index < -0.39 is 12.0 Å². The molecule has 8 nitrogen and oxygen atoms in total. The zero-order chi connectivity index (χ0) is 20.0. The number of nitrogens with zero attached hydrogens (tertiary/aromatic N) is 3. The number of fused-ring (bicyclic) bond motifs is 1. The van der Waals surface area contributed by atoms with Crippen molar-refractivity contribution < 1.29 is 23.6 Å². The van der Waals surface area contributed by atoms with Crippen LogP contribution in [-0.4, -0.2) is 44.6 Å². The topological polar surface area (TPSA) is 110 Å². The quantitative estimate of drug-likeness (QED) is 0.737. The number of hydrogen-bond donors (Lipinski definition) is 1. The minimum atomic E-state index is -0.984. The molecule has 3 aromatic heterocycles. The second-order valence-corrected chi connectivity index (χ2v) is 7.18. The maximum absolute atomic E-state index is 13.4. The van der Waals surface area contributed by atoms with Crippen molar-refractivity contribution in [3.05, 3.63) is 34.9 Å². The first-order valence-electron chi connectivity index (χ1n) is 9.25. The predicted octanol–water partition coefficient (Wildman–Crippen LogP) is 3.49. The lowest BCUT2D eigenvalue weighted by Crippen LogP contribution is -2.48. The number of carboxylic acids is 1. The van der Waals surface area contributed by atoms with E-state index in [-0.39, 0.29) is 11.6 Å². The third-order valence-electron chi connectivity index (χ3n) is 5.21. The summed E-state index contributed by atoms with van der Waals surface area (Å²) in [6.07, 6.45) is 2.02. The summed E-state index contributed by atoms with van der Waals surface area (Å²) in [5.41, 5.74) is 2.44.